The number of rotatable bonds is 6. The molecule has 3 rings (SSSR count). The zero-order valence-corrected chi connectivity index (χ0v) is 14.5. The summed E-state index contributed by atoms with van der Waals surface area (Å²) in [6.45, 7) is 3.57. The summed E-state index contributed by atoms with van der Waals surface area (Å²) in [7, 11) is 0. The molecule has 2 N–H and O–H groups in total. The second-order valence-electron chi connectivity index (χ2n) is 7.24. The van der Waals surface area contributed by atoms with Crippen LogP contribution in [0.4, 0.5) is 0 Å². The van der Waals surface area contributed by atoms with Gasteiger partial charge in [-0.3, -0.25) is 14.7 Å². The summed E-state index contributed by atoms with van der Waals surface area (Å²) in [5, 5.41) is 0. The predicted molar refractivity (Wildman–Crippen MR) is 93.5 cm³/mol. The minimum atomic E-state index is -0.370. The number of ether oxygens (including phenoxy) is 1. The number of carbonyl (C=O) groups excluding carboxylic acids is 1. The first-order valence-electron chi connectivity index (χ1n) is 9.21. The highest BCUT2D eigenvalue weighted by Crippen LogP contribution is 2.36. The topological polar surface area (TPSA) is 68.5 Å². The lowest BCUT2D eigenvalue weighted by Crippen LogP contribution is -2.54. The molecule has 0 unspecified atom stereocenters. The number of nitrogens with zero attached hydrogens (tertiary/aromatic N) is 2. The number of likely N-dealkylation sites (tertiary alicyclic amines) is 1. The summed E-state index contributed by atoms with van der Waals surface area (Å²) in [6.07, 6.45) is 8.68. The molecule has 5 heteroatoms. The van der Waals surface area contributed by atoms with Gasteiger partial charge in [-0.1, -0.05) is 6.07 Å². The van der Waals surface area contributed by atoms with Crippen LogP contribution >= 0.6 is 0 Å². The molecule has 2 aliphatic heterocycles. The van der Waals surface area contributed by atoms with E-state index in [-0.39, 0.29) is 11.3 Å². The number of hydrogen-bond donors (Lipinski definition) is 1. The fraction of sp³-hybridized carbons (Fsp3) is 0.684. The van der Waals surface area contributed by atoms with E-state index in [0.29, 0.717) is 6.04 Å². The first-order chi connectivity index (χ1) is 11.7. The number of amides is 1. The van der Waals surface area contributed by atoms with Gasteiger partial charge in [0.25, 0.3) is 0 Å². The molecule has 0 bridgehead atoms. The third kappa shape index (κ3) is 4.14. The van der Waals surface area contributed by atoms with Gasteiger partial charge in [-0.2, -0.15) is 0 Å². The van der Waals surface area contributed by atoms with E-state index in [0.717, 1.165) is 76.9 Å². The molecular weight excluding hydrogens is 302 g/mol. The Hall–Kier alpha value is -1.46. The van der Waals surface area contributed by atoms with Gasteiger partial charge in [0.15, 0.2) is 0 Å². The molecule has 0 saturated carbocycles. The van der Waals surface area contributed by atoms with Crippen molar-refractivity contribution in [3.05, 3.63) is 30.1 Å². The average Bonchev–Trinajstić information content (AvgIpc) is 2.63. The predicted octanol–water partition coefficient (Wildman–Crippen LogP) is 2.15. The Kier molecular flexibility index (Phi) is 5.85. The van der Waals surface area contributed by atoms with Crippen LogP contribution in [0.3, 0.4) is 0 Å². The Balaban J connectivity index is 1.60. The van der Waals surface area contributed by atoms with Crippen molar-refractivity contribution in [3.63, 3.8) is 0 Å². The maximum absolute atomic E-state index is 12.3. The molecule has 3 heterocycles. The van der Waals surface area contributed by atoms with Crippen molar-refractivity contribution in [1.29, 1.82) is 0 Å². The highest BCUT2D eigenvalue weighted by molar-refractivity contribution is 5.81. The second-order valence-corrected chi connectivity index (χ2v) is 7.24. The smallest absolute Gasteiger partial charge is 0.224 e. The first kappa shape index (κ1) is 17.4. The number of aromatic nitrogens is 1. The van der Waals surface area contributed by atoms with Crippen LogP contribution in [0.15, 0.2) is 24.4 Å². The highest BCUT2D eigenvalue weighted by Gasteiger charge is 2.42. The van der Waals surface area contributed by atoms with E-state index >= 15 is 0 Å². The number of aryl methyl sites for hydroxylation is 1. The van der Waals surface area contributed by atoms with E-state index in [1.165, 1.54) is 0 Å². The van der Waals surface area contributed by atoms with Gasteiger partial charge in [0.05, 0.1) is 5.41 Å². The largest absolute Gasteiger partial charge is 0.381 e. The summed E-state index contributed by atoms with van der Waals surface area (Å²) in [5.74, 6) is -0.125. The van der Waals surface area contributed by atoms with Crippen molar-refractivity contribution in [1.82, 2.24) is 9.88 Å². The Bertz CT molecular complexity index is 531. The van der Waals surface area contributed by atoms with Gasteiger partial charge in [0.2, 0.25) is 5.91 Å². The maximum Gasteiger partial charge on any atom is 0.224 e. The molecular formula is C19H29N3O2. The normalized spacial score (nSPS) is 26.3. The van der Waals surface area contributed by atoms with Crippen LogP contribution < -0.4 is 5.73 Å². The molecule has 24 heavy (non-hydrogen) atoms. The van der Waals surface area contributed by atoms with Crippen LogP contribution in [0.25, 0.3) is 0 Å². The van der Waals surface area contributed by atoms with Crippen molar-refractivity contribution in [3.8, 4) is 0 Å². The zero-order chi connectivity index (χ0) is 16.8. The first-order valence-corrected chi connectivity index (χ1v) is 9.21. The SMILES string of the molecule is NC(=O)[C@]1(CCCc2ccccn2)CCCN(C2CCOCC2)C1. The lowest BCUT2D eigenvalue weighted by Gasteiger charge is -2.45. The van der Waals surface area contributed by atoms with Crippen LogP contribution in [-0.4, -0.2) is 48.1 Å². The maximum atomic E-state index is 12.3. The van der Waals surface area contributed by atoms with Crippen LogP contribution in [0.1, 0.15) is 44.2 Å². The standard InChI is InChI=1S/C19H29N3O2/c20-18(23)19(9-3-6-16-5-1-2-11-21-16)10-4-12-22(15-19)17-7-13-24-14-8-17/h1-2,5,11,17H,3-4,6-10,12-15H2,(H2,20,23)/t19-/m1/s1. The van der Waals surface area contributed by atoms with E-state index < -0.39 is 0 Å². The number of pyridine rings is 1. The van der Waals surface area contributed by atoms with Gasteiger partial charge in [-0.05, 0) is 63.6 Å². The minimum Gasteiger partial charge on any atom is -0.381 e. The van der Waals surface area contributed by atoms with Crippen LogP contribution in [-0.2, 0) is 16.0 Å². The number of carbonyl (C=O) groups is 1. The summed E-state index contributed by atoms with van der Waals surface area (Å²) in [4.78, 5) is 19.2. The molecule has 1 atom stereocenters. The second kappa shape index (κ2) is 8.08. The fourth-order valence-corrected chi connectivity index (χ4v) is 4.21. The lowest BCUT2D eigenvalue weighted by molar-refractivity contribution is -0.133. The summed E-state index contributed by atoms with van der Waals surface area (Å²) < 4.78 is 5.48. The van der Waals surface area contributed by atoms with Crippen molar-refractivity contribution in [2.45, 2.75) is 51.0 Å². The number of piperidine rings is 1. The van der Waals surface area contributed by atoms with Gasteiger partial charge >= 0.3 is 0 Å². The van der Waals surface area contributed by atoms with E-state index in [2.05, 4.69) is 9.88 Å². The van der Waals surface area contributed by atoms with Crippen LogP contribution in [0, 0.1) is 5.41 Å². The van der Waals surface area contributed by atoms with Crippen molar-refractivity contribution in [2.24, 2.45) is 11.1 Å². The quantitative estimate of drug-likeness (QED) is 0.867. The van der Waals surface area contributed by atoms with Crippen molar-refractivity contribution >= 4 is 5.91 Å². The Morgan fingerprint density at radius 2 is 2.21 bits per heavy atom. The Labute approximate surface area is 144 Å². The Morgan fingerprint density at radius 1 is 1.38 bits per heavy atom. The molecule has 1 amide bonds. The number of primary amides is 1. The zero-order valence-electron chi connectivity index (χ0n) is 14.5. The third-order valence-corrected chi connectivity index (χ3v) is 5.65. The van der Waals surface area contributed by atoms with Crippen molar-refractivity contribution in [2.75, 3.05) is 26.3 Å². The molecule has 0 radical (unpaired) electrons. The van der Waals surface area contributed by atoms with E-state index in [1.54, 1.807) is 0 Å². The third-order valence-electron chi connectivity index (χ3n) is 5.65. The Morgan fingerprint density at radius 3 is 2.92 bits per heavy atom. The lowest BCUT2D eigenvalue weighted by atomic mass is 9.74. The van der Waals surface area contributed by atoms with Gasteiger partial charge in [0, 0.05) is 37.7 Å². The molecule has 0 spiro atoms. The molecule has 5 nitrogen and oxygen atoms in total. The van der Waals surface area contributed by atoms with E-state index in [4.69, 9.17) is 10.5 Å². The molecule has 1 aromatic rings. The van der Waals surface area contributed by atoms with Crippen molar-refractivity contribution < 1.29 is 9.53 Å². The molecule has 2 fully saturated rings. The molecule has 1 aromatic heterocycles. The highest BCUT2D eigenvalue weighted by atomic mass is 16.5. The van der Waals surface area contributed by atoms with Gasteiger partial charge in [0.1, 0.15) is 0 Å². The van der Waals surface area contributed by atoms with E-state index in [1.807, 2.05) is 24.4 Å². The fourth-order valence-electron chi connectivity index (χ4n) is 4.21. The van der Waals surface area contributed by atoms with Gasteiger partial charge in [-0.25, -0.2) is 0 Å². The van der Waals surface area contributed by atoms with Gasteiger partial charge in [-0.15, -0.1) is 0 Å². The summed E-state index contributed by atoms with van der Waals surface area (Å²) in [6, 6.07) is 6.54. The summed E-state index contributed by atoms with van der Waals surface area (Å²) in [5.41, 5.74) is 6.59. The molecule has 2 saturated heterocycles. The van der Waals surface area contributed by atoms with E-state index in [9.17, 15) is 4.79 Å². The molecule has 0 aliphatic carbocycles. The monoisotopic (exact) mass is 331 g/mol. The number of nitrogens with two attached hydrogens (primary N) is 1. The average molecular weight is 331 g/mol. The van der Waals surface area contributed by atoms with Gasteiger partial charge < -0.3 is 10.5 Å². The number of hydrogen-bond acceptors (Lipinski definition) is 4. The molecule has 2 aliphatic rings. The van der Waals surface area contributed by atoms with Crippen LogP contribution in [0.2, 0.25) is 0 Å². The minimum absolute atomic E-state index is 0.125. The summed E-state index contributed by atoms with van der Waals surface area (Å²) >= 11 is 0. The molecule has 132 valence electrons. The molecule has 0 aromatic carbocycles. The van der Waals surface area contributed by atoms with Crippen LogP contribution in [0.5, 0.6) is 0 Å².